The smallest absolute Gasteiger partial charge is 0.413 e. The van der Waals surface area contributed by atoms with Crippen molar-refractivity contribution in [1.29, 1.82) is 0 Å². The van der Waals surface area contributed by atoms with Crippen molar-refractivity contribution in [2.24, 2.45) is 5.92 Å². The molecule has 0 bridgehead atoms. The van der Waals surface area contributed by atoms with Gasteiger partial charge in [0, 0.05) is 1.43 Å². The standard InChI is InChI=1S/C21H33NO4.H2/c1-9-21(7,8)15-10-12-16(13-11-15)25-19(24)22-17(14(2)3)18(23)26-20(4,5)6;/h10-14,17H,9H2,1-8H3,(H,22,24);1H/t17-;/m0./s1. The molecule has 0 aromatic heterocycles. The molecule has 148 valence electrons. The van der Waals surface area contributed by atoms with E-state index in [0.29, 0.717) is 5.75 Å². The van der Waals surface area contributed by atoms with E-state index in [1.807, 2.05) is 26.0 Å². The molecule has 1 rings (SSSR count). The lowest BCUT2D eigenvalue weighted by Gasteiger charge is -2.26. The van der Waals surface area contributed by atoms with Gasteiger partial charge in [0.2, 0.25) is 0 Å². The Morgan fingerprint density at radius 2 is 1.62 bits per heavy atom. The van der Waals surface area contributed by atoms with Crippen molar-refractivity contribution in [3.05, 3.63) is 29.8 Å². The monoisotopic (exact) mass is 365 g/mol. The molecule has 0 aliphatic heterocycles. The van der Waals surface area contributed by atoms with Gasteiger partial charge in [-0.25, -0.2) is 9.59 Å². The van der Waals surface area contributed by atoms with Gasteiger partial charge in [0.1, 0.15) is 17.4 Å². The summed E-state index contributed by atoms with van der Waals surface area (Å²) in [4.78, 5) is 24.5. The van der Waals surface area contributed by atoms with E-state index in [4.69, 9.17) is 9.47 Å². The van der Waals surface area contributed by atoms with Gasteiger partial charge in [-0.1, -0.05) is 46.8 Å². The summed E-state index contributed by atoms with van der Waals surface area (Å²) in [5, 5.41) is 2.61. The number of esters is 1. The largest absolute Gasteiger partial charge is 0.458 e. The first-order valence-electron chi connectivity index (χ1n) is 9.17. The van der Waals surface area contributed by atoms with Gasteiger partial charge in [0.15, 0.2) is 0 Å². The number of nitrogens with one attached hydrogen (secondary N) is 1. The van der Waals surface area contributed by atoms with Gasteiger partial charge in [-0.05, 0) is 56.2 Å². The molecule has 0 heterocycles. The van der Waals surface area contributed by atoms with E-state index in [1.54, 1.807) is 32.9 Å². The molecule has 1 aromatic carbocycles. The van der Waals surface area contributed by atoms with Crippen molar-refractivity contribution in [2.75, 3.05) is 0 Å². The number of hydrogen-bond donors (Lipinski definition) is 1. The van der Waals surface area contributed by atoms with Gasteiger partial charge in [-0.2, -0.15) is 0 Å². The van der Waals surface area contributed by atoms with Crippen LogP contribution in [-0.4, -0.2) is 23.7 Å². The third-order valence-corrected chi connectivity index (χ3v) is 4.33. The van der Waals surface area contributed by atoms with Gasteiger partial charge in [0.25, 0.3) is 0 Å². The number of hydrogen-bond acceptors (Lipinski definition) is 4. The summed E-state index contributed by atoms with van der Waals surface area (Å²) in [6.45, 7) is 15.5. The van der Waals surface area contributed by atoms with E-state index in [2.05, 4.69) is 26.1 Å². The summed E-state index contributed by atoms with van der Waals surface area (Å²) in [7, 11) is 0. The molecule has 0 spiro atoms. The van der Waals surface area contributed by atoms with Crippen LogP contribution in [-0.2, 0) is 14.9 Å². The van der Waals surface area contributed by atoms with E-state index >= 15 is 0 Å². The molecule has 0 saturated carbocycles. The maximum atomic E-state index is 12.3. The zero-order chi connectivity index (χ0) is 20.1. The van der Waals surface area contributed by atoms with Crippen LogP contribution in [0.3, 0.4) is 0 Å². The maximum absolute atomic E-state index is 12.3. The molecule has 0 radical (unpaired) electrons. The topological polar surface area (TPSA) is 64.6 Å². The third kappa shape index (κ3) is 6.70. The Morgan fingerprint density at radius 3 is 2.04 bits per heavy atom. The van der Waals surface area contributed by atoms with Crippen molar-refractivity contribution < 1.29 is 20.5 Å². The van der Waals surface area contributed by atoms with Gasteiger partial charge < -0.3 is 14.8 Å². The SMILES string of the molecule is CCC(C)(C)c1ccc(OC(=O)N[C@H](C(=O)OC(C)(C)C)C(C)C)cc1.[HH]. The highest BCUT2D eigenvalue weighted by Crippen LogP contribution is 2.28. The molecule has 5 heteroatoms. The summed E-state index contributed by atoms with van der Waals surface area (Å²) in [6.07, 6.45) is 0.344. The van der Waals surface area contributed by atoms with E-state index < -0.39 is 23.7 Å². The van der Waals surface area contributed by atoms with Crippen LogP contribution in [0.25, 0.3) is 0 Å². The van der Waals surface area contributed by atoms with E-state index in [-0.39, 0.29) is 12.8 Å². The Labute approximate surface area is 158 Å². The molecule has 5 nitrogen and oxygen atoms in total. The van der Waals surface area contributed by atoms with Crippen molar-refractivity contribution in [3.8, 4) is 5.75 Å². The summed E-state index contributed by atoms with van der Waals surface area (Å²) in [5.41, 5.74) is 0.638. The van der Waals surface area contributed by atoms with Crippen LogP contribution < -0.4 is 10.1 Å². The molecule has 0 unspecified atom stereocenters. The zero-order valence-corrected chi connectivity index (χ0v) is 17.3. The Balaban J connectivity index is 0.00000676. The van der Waals surface area contributed by atoms with Crippen molar-refractivity contribution in [2.45, 2.75) is 78.9 Å². The molecule has 0 aliphatic rings. The lowest BCUT2D eigenvalue weighted by atomic mass is 9.82. The Bertz CT molecular complexity index is 618. The molecule has 1 aromatic rings. The normalized spacial score (nSPS) is 13.3. The number of ether oxygens (including phenoxy) is 2. The van der Waals surface area contributed by atoms with Crippen LogP contribution in [0.2, 0.25) is 0 Å². The number of benzene rings is 1. The van der Waals surface area contributed by atoms with E-state index in [9.17, 15) is 9.59 Å². The first-order chi connectivity index (χ1) is 11.9. The van der Waals surface area contributed by atoms with Crippen molar-refractivity contribution in [3.63, 3.8) is 0 Å². The molecular formula is C21H35NO4. The second kappa shape index (κ2) is 8.56. The maximum Gasteiger partial charge on any atom is 0.413 e. The highest BCUT2D eigenvalue weighted by atomic mass is 16.6. The predicted octanol–water partition coefficient (Wildman–Crippen LogP) is 5.07. The van der Waals surface area contributed by atoms with Crippen LogP contribution in [0.5, 0.6) is 5.75 Å². The van der Waals surface area contributed by atoms with Crippen LogP contribution in [0.1, 0.15) is 68.8 Å². The Morgan fingerprint density at radius 1 is 1.08 bits per heavy atom. The van der Waals surface area contributed by atoms with Gasteiger partial charge >= 0.3 is 12.1 Å². The average Bonchev–Trinajstić information content (AvgIpc) is 2.51. The molecule has 1 amide bonds. The predicted molar refractivity (Wildman–Crippen MR) is 106 cm³/mol. The average molecular weight is 366 g/mol. The number of carbonyl (C=O) groups excluding carboxylic acids is 2. The number of amides is 1. The Kier molecular flexibility index (Phi) is 7.25. The highest BCUT2D eigenvalue weighted by Gasteiger charge is 2.29. The van der Waals surface area contributed by atoms with Crippen LogP contribution in [0, 0.1) is 5.92 Å². The van der Waals surface area contributed by atoms with Gasteiger partial charge in [-0.3, -0.25) is 0 Å². The first kappa shape index (κ1) is 22.0. The number of carbonyl (C=O) groups is 2. The second-order valence-corrected chi connectivity index (χ2v) is 8.55. The molecule has 0 saturated heterocycles. The molecule has 26 heavy (non-hydrogen) atoms. The van der Waals surface area contributed by atoms with Gasteiger partial charge in [-0.15, -0.1) is 0 Å². The minimum Gasteiger partial charge on any atom is -0.458 e. The molecule has 1 atom stereocenters. The second-order valence-electron chi connectivity index (χ2n) is 8.55. The minimum atomic E-state index is -0.764. The molecule has 1 N–H and O–H groups in total. The van der Waals surface area contributed by atoms with Crippen molar-refractivity contribution in [1.82, 2.24) is 5.32 Å². The highest BCUT2D eigenvalue weighted by molar-refractivity contribution is 5.82. The Hall–Kier alpha value is -2.04. The summed E-state index contributed by atoms with van der Waals surface area (Å²) < 4.78 is 10.7. The summed E-state index contributed by atoms with van der Waals surface area (Å²) in [6, 6.07) is 6.69. The minimum absolute atomic E-state index is 0. The van der Waals surface area contributed by atoms with Crippen LogP contribution >= 0.6 is 0 Å². The quantitative estimate of drug-likeness (QED) is 0.714. The van der Waals surface area contributed by atoms with Crippen LogP contribution in [0.15, 0.2) is 24.3 Å². The fraction of sp³-hybridized carbons (Fsp3) is 0.619. The van der Waals surface area contributed by atoms with Crippen LogP contribution in [0.4, 0.5) is 4.79 Å². The molecular weight excluding hydrogens is 330 g/mol. The van der Waals surface area contributed by atoms with Crippen molar-refractivity contribution >= 4 is 12.1 Å². The fourth-order valence-electron chi connectivity index (χ4n) is 2.30. The lowest BCUT2D eigenvalue weighted by Crippen LogP contribution is -2.48. The fourth-order valence-corrected chi connectivity index (χ4v) is 2.30. The zero-order valence-electron chi connectivity index (χ0n) is 17.3. The lowest BCUT2D eigenvalue weighted by molar-refractivity contribution is -0.158. The number of rotatable bonds is 6. The molecule has 0 fully saturated rings. The molecule has 0 aliphatic carbocycles. The van der Waals surface area contributed by atoms with E-state index in [1.165, 1.54) is 5.56 Å². The van der Waals surface area contributed by atoms with Gasteiger partial charge in [0.05, 0.1) is 0 Å². The third-order valence-electron chi connectivity index (χ3n) is 4.33. The first-order valence-corrected chi connectivity index (χ1v) is 9.17. The summed E-state index contributed by atoms with van der Waals surface area (Å²) >= 11 is 0. The summed E-state index contributed by atoms with van der Waals surface area (Å²) in [5.74, 6) is -0.153. The van der Waals surface area contributed by atoms with E-state index in [0.717, 1.165) is 6.42 Å².